The number of carbonyl (C=O) groups excluding carboxylic acids is 1. The zero-order valence-electron chi connectivity index (χ0n) is 9.74. The predicted molar refractivity (Wildman–Crippen MR) is 69.0 cm³/mol. The molecule has 1 aliphatic rings. The number of halogens is 1. The number of ether oxygens (including phenoxy) is 3. The molecule has 19 heavy (non-hydrogen) atoms. The highest BCUT2D eigenvalue weighted by atomic mass is 35.5. The molecule has 98 valence electrons. The summed E-state index contributed by atoms with van der Waals surface area (Å²) in [5.41, 5.74) is 0.398. The van der Waals surface area contributed by atoms with Gasteiger partial charge in [-0.3, -0.25) is 4.98 Å². The molecule has 1 aromatic heterocycles. The first-order chi connectivity index (χ1) is 8.83. The third-order valence-electron chi connectivity index (χ3n) is 2.45. The van der Waals surface area contributed by atoms with Gasteiger partial charge in [-0.1, -0.05) is 0 Å². The molecule has 0 amide bonds. The molecular weight excluding hydrogens is 270 g/mol. The van der Waals surface area contributed by atoms with E-state index in [9.17, 15) is 4.79 Å². The Balaban J connectivity index is 0.00000133. The van der Waals surface area contributed by atoms with E-state index in [1.807, 2.05) is 0 Å². The lowest BCUT2D eigenvalue weighted by Crippen LogP contribution is -2.08. The van der Waals surface area contributed by atoms with Crippen molar-refractivity contribution in [2.45, 2.75) is 0 Å². The van der Waals surface area contributed by atoms with Crippen molar-refractivity contribution in [2.24, 2.45) is 0 Å². The van der Waals surface area contributed by atoms with E-state index in [1.165, 1.54) is 6.20 Å². The van der Waals surface area contributed by atoms with Crippen molar-refractivity contribution < 1.29 is 19.0 Å². The summed E-state index contributed by atoms with van der Waals surface area (Å²) in [4.78, 5) is 15.6. The normalized spacial score (nSPS) is 11.6. The molecule has 0 saturated carbocycles. The Hall–Kier alpha value is -2.27. The summed E-state index contributed by atoms with van der Waals surface area (Å²) >= 11 is 0. The Morgan fingerprint density at radius 3 is 2.84 bits per heavy atom. The van der Waals surface area contributed by atoms with Crippen LogP contribution in [0.1, 0.15) is 10.4 Å². The van der Waals surface area contributed by atoms with Crippen LogP contribution in [-0.2, 0) is 0 Å². The number of benzene rings is 1. The summed E-state index contributed by atoms with van der Waals surface area (Å²) in [5.74, 6) is 1.18. The summed E-state index contributed by atoms with van der Waals surface area (Å²) in [6, 6.07) is 8.30. The Morgan fingerprint density at radius 2 is 2.05 bits per heavy atom. The van der Waals surface area contributed by atoms with Crippen molar-refractivity contribution in [1.82, 2.24) is 4.98 Å². The minimum Gasteiger partial charge on any atom is -0.454 e. The first-order valence-corrected chi connectivity index (χ1v) is 5.35. The average molecular weight is 280 g/mol. The number of carbonyl (C=O) groups is 1. The monoisotopic (exact) mass is 279 g/mol. The van der Waals surface area contributed by atoms with Crippen LogP contribution < -0.4 is 14.2 Å². The van der Waals surface area contributed by atoms with Crippen LogP contribution in [0.15, 0.2) is 42.7 Å². The van der Waals surface area contributed by atoms with Crippen molar-refractivity contribution in [2.75, 3.05) is 6.79 Å². The number of rotatable bonds is 2. The lowest BCUT2D eigenvalue weighted by Gasteiger charge is -2.04. The quantitative estimate of drug-likeness (QED) is 0.624. The average Bonchev–Trinajstić information content (AvgIpc) is 2.87. The molecule has 0 fully saturated rings. The van der Waals surface area contributed by atoms with E-state index in [0.29, 0.717) is 22.8 Å². The summed E-state index contributed by atoms with van der Waals surface area (Å²) in [6.07, 6.45) is 3.05. The van der Waals surface area contributed by atoms with E-state index in [4.69, 9.17) is 14.2 Å². The molecule has 0 spiro atoms. The van der Waals surface area contributed by atoms with E-state index < -0.39 is 5.97 Å². The van der Waals surface area contributed by atoms with Gasteiger partial charge in [0.05, 0.1) is 5.56 Å². The third kappa shape index (κ3) is 2.77. The maximum absolute atomic E-state index is 11.8. The maximum atomic E-state index is 11.8. The smallest absolute Gasteiger partial charge is 0.345 e. The summed E-state index contributed by atoms with van der Waals surface area (Å²) in [7, 11) is 0. The van der Waals surface area contributed by atoms with Gasteiger partial charge in [-0.2, -0.15) is 0 Å². The molecule has 5 nitrogen and oxygen atoms in total. The number of fused-ring (bicyclic) bond motifs is 1. The van der Waals surface area contributed by atoms with Crippen LogP contribution in [0.25, 0.3) is 0 Å². The Bertz CT molecular complexity index is 588. The fraction of sp³-hybridized carbons (Fsp3) is 0.0769. The van der Waals surface area contributed by atoms with Gasteiger partial charge >= 0.3 is 5.97 Å². The van der Waals surface area contributed by atoms with Gasteiger partial charge in [0, 0.05) is 18.5 Å². The first kappa shape index (κ1) is 13.2. The number of nitrogens with zero attached hydrogens (tertiary/aromatic N) is 1. The molecule has 0 N–H and O–H groups in total. The Morgan fingerprint density at radius 1 is 1.21 bits per heavy atom. The number of pyridine rings is 1. The van der Waals surface area contributed by atoms with Crippen LogP contribution in [-0.4, -0.2) is 17.7 Å². The van der Waals surface area contributed by atoms with Crippen molar-refractivity contribution in [1.29, 1.82) is 0 Å². The molecule has 0 radical (unpaired) electrons. The highest BCUT2D eigenvalue weighted by Gasteiger charge is 2.15. The number of hydrogen-bond donors (Lipinski definition) is 0. The van der Waals surface area contributed by atoms with E-state index >= 15 is 0 Å². The molecule has 2 aromatic rings. The Labute approximate surface area is 115 Å². The molecule has 0 aliphatic carbocycles. The van der Waals surface area contributed by atoms with E-state index in [-0.39, 0.29) is 19.2 Å². The van der Waals surface area contributed by atoms with Gasteiger partial charge in [-0.25, -0.2) is 4.79 Å². The molecule has 0 bridgehead atoms. The first-order valence-electron chi connectivity index (χ1n) is 5.35. The van der Waals surface area contributed by atoms with Crippen molar-refractivity contribution in [3.63, 3.8) is 0 Å². The van der Waals surface area contributed by atoms with Gasteiger partial charge in [0.25, 0.3) is 0 Å². The van der Waals surface area contributed by atoms with Crippen molar-refractivity contribution >= 4 is 18.4 Å². The van der Waals surface area contributed by atoms with Gasteiger partial charge in [0.1, 0.15) is 5.75 Å². The molecule has 1 aromatic carbocycles. The Kier molecular flexibility index (Phi) is 3.87. The zero-order valence-corrected chi connectivity index (χ0v) is 10.6. The van der Waals surface area contributed by atoms with Gasteiger partial charge in [0.15, 0.2) is 11.5 Å². The summed E-state index contributed by atoms with van der Waals surface area (Å²) < 4.78 is 15.6. The molecule has 0 unspecified atom stereocenters. The maximum Gasteiger partial charge on any atom is 0.345 e. The summed E-state index contributed by atoms with van der Waals surface area (Å²) in [5, 5.41) is 0. The van der Waals surface area contributed by atoms with E-state index in [1.54, 1.807) is 36.5 Å². The molecule has 0 saturated heterocycles. The number of hydrogen-bond acceptors (Lipinski definition) is 5. The van der Waals surface area contributed by atoms with Gasteiger partial charge in [-0.05, 0) is 24.3 Å². The minimum absolute atomic E-state index is 0. The van der Waals surface area contributed by atoms with Crippen LogP contribution in [0, 0.1) is 0 Å². The molecular formula is C13H10ClNO4. The molecule has 2 heterocycles. The van der Waals surface area contributed by atoms with Gasteiger partial charge in [0.2, 0.25) is 6.79 Å². The lowest BCUT2D eigenvalue weighted by molar-refractivity contribution is 0.0734. The van der Waals surface area contributed by atoms with Gasteiger partial charge in [-0.15, -0.1) is 12.4 Å². The van der Waals surface area contributed by atoms with Crippen LogP contribution >= 0.6 is 12.4 Å². The fourth-order valence-electron chi connectivity index (χ4n) is 1.59. The highest BCUT2D eigenvalue weighted by Crippen LogP contribution is 2.35. The zero-order chi connectivity index (χ0) is 12.4. The second kappa shape index (κ2) is 5.58. The topological polar surface area (TPSA) is 57.7 Å². The second-order valence-corrected chi connectivity index (χ2v) is 3.65. The lowest BCUT2D eigenvalue weighted by atomic mass is 10.3. The van der Waals surface area contributed by atoms with Crippen LogP contribution in [0.3, 0.4) is 0 Å². The molecule has 6 heteroatoms. The van der Waals surface area contributed by atoms with Crippen molar-refractivity contribution in [3.05, 3.63) is 48.3 Å². The van der Waals surface area contributed by atoms with Crippen LogP contribution in [0.5, 0.6) is 17.2 Å². The minimum atomic E-state index is -0.457. The standard InChI is InChI=1S/C13H9NO4.ClH/c15-13(9-2-1-5-14-7-9)18-10-3-4-11-12(6-10)17-8-16-11;/h1-7H,8H2;1H. The largest absolute Gasteiger partial charge is 0.454 e. The predicted octanol–water partition coefficient (Wildman–Crippen LogP) is 2.45. The molecule has 3 rings (SSSR count). The second-order valence-electron chi connectivity index (χ2n) is 3.65. The van der Waals surface area contributed by atoms with Crippen LogP contribution in [0.2, 0.25) is 0 Å². The van der Waals surface area contributed by atoms with E-state index in [2.05, 4.69) is 4.98 Å². The SMILES string of the molecule is Cl.O=C(Oc1ccc2c(c1)OCO2)c1cccnc1. The fourth-order valence-corrected chi connectivity index (χ4v) is 1.59. The number of esters is 1. The summed E-state index contributed by atoms with van der Waals surface area (Å²) in [6.45, 7) is 0.190. The third-order valence-corrected chi connectivity index (χ3v) is 2.45. The van der Waals surface area contributed by atoms with Crippen molar-refractivity contribution in [3.8, 4) is 17.2 Å². The highest BCUT2D eigenvalue weighted by molar-refractivity contribution is 5.90. The molecule has 1 aliphatic heterocycles. The number of aromatic nitrogens is 1. The van der Waals surface area contributed by atoms with Gasteiger partial charge < -0.3 is 14.2 Å². The van der Waals surface area contributed by atoms with E-state index in [0.717, 1.165) is 0 Å². The van der Waals surface area contributed by atoms with Crippen LogP contribution in [0.4, 0.5) is 0 Å². The molecule has 0 atom stereocenters.